The molecule has 1 saturated heterocycles. The van der Waals surface area contributed by atoms with Crippen LogP contribution in [0.4, 0.5) is 5.69 Å². The van der Waals surface area contributed by atoms with E-state index < -0.39 is 0 Å². The zero-order valence-electron chi connectivity index (χ0n) is 16.9. The normalized spacial score (nSPS) is 14.9. The first-order valence-corrected chi connectivity index (χ1v) is 10.2. The number of rotatable bonds is 6. The Morgan fingerprint density at radius 1 is 0.964 bits per heavy atom. The molecule has 0 radical (unpaired) electrons. The highest BCUT2D eigenvalue weighted by Gasteiger charge is 2.31. The number of amides is 2. The van der Waals surface area contributed by atoms with Gasteiger partial charge in [0.25, 0.3) is 0 Å². The number of para-hydroxylation sites is 1. The quantitative estimate of drug-likeness (QED) is 0.742. The van der Waals surface area contributed by atoms with Gasteiger partial charge in [0, 0.05) is 31.1 Å². The summed E-state index contributed by atoms with van der Waals surface area (Å²) in [5.41, 5.74) is 2.04. The van der Waals surface area contributed by atoms with Crippen molar-refractivity contribution in [2.75, 3.05) is 18.0 Å². The van der Waals surface area contributed by atoms with Gasteiger partial charge in [-0.05, 0) is 36.5 Å². The van der Waals surface area contributed by atoms with E-state index in [-0.39, 0.29) is 17.7 Å². The first-order chi connectivity index (χ1) is 13.5. The summed E-state index contributed by atoms with van der Waals surface area (Å²) in [4.78, 5) is 29.5. The smallest absolute Gasteiger partial charge is 0.230 e. The summed E-state index contributed by atoms with van der Waals surface area (Å²) in [7, 11) is 0. The fraction of sp³-hybridized carbons (Fsp3) is 0.417. The number of benzene rings is 2. The zero-order valence-corrected chi connectivity index (χ0v) is 16.9. The molecule has 0 bridgehead atoms. The summed E-state index contributed by atoms with van der Waals surface area (Å²) in [5, 5.41) is 0. The molecule has 2 aromatic carbocycles. The van der Waals surface area contributed by atoms with Gasteiger partial charge < -0.3 is 9.80 Å². The Morgan fingerprint density at radius 3 is 2.11 bits per heavy atom. The van der Waals surface area contributed by atoms with Crippen LogP contribution in [0, 0.1) is 11.8 Å². The van der Waals surface area contributed by atoms with Crippen LogP contribution in [0.25, 0.3) is 0 Å². The van der Waals surface area contributed by atoms with Gasteiger partial charge in [0.15, 0.2) is 0 Å². The van der Waals surface area contributed by atoms with E-state index in [1.807, 2.05) is 58.3 Å². The lowest BCUT2D eigenvalue weighted by molar-refractivity contribution is -0.135. The molecule has 0 aromatic heterocycles. The minimum absolute atomic E-state index is 0.0352. The van der Waals surface area contributed by atoms with Crippen molar-refractivity contribution in [2.45, 2.75) is 39.7 Å². The summed E-state index contributed by atoms with van der Waals surface area (Å²) in [5.74, 6) is 0.703. The monoisotopic (exact) mass is 378 g/mol. The molecular formula is C24H30N2O2. The predicted molar refractivity (Wildman–Crippen MR) is 113 cm³/mol. The average Bonchev–Trinajstić information content (AvgIpc) is 2.72. The molecule has 0 unspecified atom stereocenters. The molecule has 1 aliphatic heterocycles. The van der Waals surface area contributed by atoms with Crippen molar-refractivity contribution >= 4 is 17.5 Å². The van der Waals surface area contributed by atoms with Gasteiger partial charge in [0.1, 0.15) is 0 Å². The highest BCUT2D eigenvalue weighted by Crippen LogP contribution is 2.25. The molecule has 28 heavy (non-hydrogen) atoms. The third-order valence-electron chi connectivity index (χ3n) is 5.30. The van der Waals surface area contributed by atoms with Crippen molar-refractivity contribution in [3.05, 3.63) is 66.2 Å². The second kappa shape index (κ2) is 9.54. The number of anilines is 1. The van der Waals surface area contributed by atoms with E-state index in [2.05, 4.69) is 26.0 Å². The van der Waals surface area contributed by atoms with E-state index in [1.165, 1.54) is 0 Å². The van der Waals surface area contributed by atoms with Crippen LogP contribution in [-0.4, -0.2) is 29.8 Å². The third-order valence-corrected chi connectivity index (χ3v) is 5.30. The molecule has 1 aliphatic rings. The number of carbonyl (C=O) groups is 2. The van der Waals surface area contributed by atoms with Crippen molar-refractivity contribution in [1.82, 2.24) is 4.90 Å². The van der Waals surface area contributed by atoms with Gasteiger partial charge in [-0.1, -0.05) is 62.4 Å². The van der Waals surface area contributed by atoms with Gasteiger partial charge in [-0.3, -0.25) is 9.59 Å². The average molecular weight is 379 g/mol. The van der Waals surface area contributed by atoms with Crippen molar-refractivity contribution < 1.29 is 9.59 Å². The number of likely N-dealkylation sites (tertiary alicyclic amines) is 1. The van der Waals surface area contributed by atoms with E-state index in [0.29, 0.717) is 32.0 Å². The van der Waals surface area contributed by atoms with E-state index in [4.69, 9.17) is 0 Å². The summed E-state index contributed by atoms with van der Waals surface area (Å²) >= 11 is 0. The van der Waals surface area contributed by atoms with Crippen LogP contribution in [0.1, 0.15) is 38.7 Å². The minimum atomic E-state index is -0.0352. The number of nitrogens with zero attached hydrogens (tertiary/aromatic N) is 2. The Morgan fingerprint density at radius 2 is 1.54 bits per heavy atom. The SMILES string of the molecule is CC(C)CC(=O)N1CCC(C(=O)N(Cc2ccccc2)c2ccccc2)CC1. The molecule has 4 heteroatoms. The summed E-state index contributed by atoms with van der Waals surface area (Å²) in [6.45, 7) is 6.05. The number of piperidine rings is 1. The number of carbonyl (C=O) groups excluding carboxylic acids is 2. The largest absolute Gasteiger partial charge is 0.343 e. The van der Waals surface area contributed by atoms with Crippen LogP contribution in [0.2, 0.25) is 0 Å². The van der Waals surface area contributed by atoms with Crippen LogP contribution in [0.15, 0.2) is 60.7 Å². The van der Waals surface area contributed by atoms with Crippen LogP contribution in [0.3, 0.4) is 0 Å². The van der Waals surface area contributed by atoms with Crippen molar-refractivity contribution in [3.63, 3.8) is 0 Å². The van der Waals surface area contributed by atoms with Gasteiger partial charge >= 0.3 is 0 Å². The maximum Gasteiger partial charge on any atom is 0.230 e. The van der Waals surface area contributed by atoms with E-state index in [9.17, 15) is 9.59 Å². The minimum Gasteiger partial charge on any atom is -0.343 e. The third kappa shape index (κ3) is 5.22. The molecule has 148 valence electrons. The first-order valence-electron chi connectivity index (χ1n) is 10.2. The molecule has 1 heterocycles. The highest BCUT2D eigenvalue weighted by atomic mass is 16.2. The molecule has 0 atom stereocenters. The molecule has 1 fully saturated rings. The Hall–Kier alpha value is -2.62. The number of hydrogen-bond donors (Lipinski definition) is 0. The van der Waals surface area contributed by atoms with Crippen LogP contribution in [0.5, 0.6) is 0 Å². The van der Waals surface area contributed by atoms with Gasteiger partial charge in [-0.25, -0.2) is 0 Å². The van der Waals surface area contributed by atoms with Crippen molar-refractivity contribution in [2.24, 2.45) is 11.8 Å². The molecule has 2 aromatic rings. The summed E-state index contributed by atoms with van der Waals surface area (Å²) < 4.78 is 0. The van der Waals surface area contributed by atoms with Gasteiger partial charge in [-0.2, -0.15) is 0 Å². The fourth-order valence-electron chi connectivity index (χ4n) is 3.74. The lowest BCUT2D eigenvalue weighted by Gasteiger charge is -2.34. The highest BCUT2D eigenvalue weighted by molar-refractivity contribution is 5.95. The van der Waals surface area contributed by atoms with Crippen molar-refractivity contribution in [1.29, 1.82) is 0 Å². The van der Waals surface area contributed by atoms with Gasteiger partial charge in [0.2, 0.25) is 11.8 Å². The van der Waals surface area contributed by atoms with E-state index in [0.717, 1.165) is 24.1 Å². The van der Waals surface area contributed by atoms with Gasteiger partial charge in [-0.15, -0.1) is 0 Å². The molecule has 0 N–H and O–H groups in total. The Labute approximate surface area is 168 Å². The summed E-state index contributed by atoms with van der Waals surface area (Å²) in [6, 6.07) is 20.0. The van der Waals surface area contributed by atoms with E-state index >= 15 is 0 Å². The first kappa shape index (κ1) is 20.1. The standard InChI is InChI=1S/C24H30N2O2/c1-19(2)17-23(27)25-15-13-21(14-16-25)24(28)26(22-11-7-4-8-12-22)18-20-9-5-3-6-10-20/h3-12,19,21H,13-18H2,1-2H3. The van der Waals surface area contributed by atoms with Crippen molar-refractivity contribution in [3.8, 4) is 0 Å². The Balaban J connectivity index is 1.69. The van der Waals surface area contributed by atoms with E-state index in [1.54, 1.807) is 0 Å². The summed E-state index contributed by atoms with van der Waals surface area (Å²) in [6.07, 6.45) is 2.06. The van der Waals surface area contributed by atoms with Crippen LogP contribution in [-0.2, 0) is 16.1 Å². The number of hydrogen-bond acceptors (Lipinski definition) is 2. The molecule has 0 spiro atoms. The molecular weight excluding hydrogens is 348 g/mol. The van der Waals surface area contributed by atoms with Crippen LogP contribution >= 0.6 is 0 Å². The fourth-order valence-corrected chi connectivity index (χ4v) is 3.74. The second-order valence-electron chi connectivity index (χ2n) is 8.00. The predicted octanol–water partition coefficient (Wildman–Crippen LogP) is 4.50. The van der Waals surface area contributed by atoms with Crippen LogP contribution < -0.4 is 4.90 Å². The molecule has 4 nitrogen and oxygen atoms in total. The lowest BCUT2D eigenvalue weighted by Crippen LogP contribution is -2.44. The molecule has 3 rings (SSSR count). The maximum atomic E-state index is 13.4. The molecule has 2 amide bonds. The Kier molecular flexibility index (Phi) is 6.85. The second-order valence-corrected chi connectivity index (χ2v) is 8.00. The Bertz CT molecular complexity index is 766. The van der Waals surface area contributed by atoms with Gasteiger partial charge in [0.05, 0.1) is 6.54 Å². The molecule has 0 saturated carbocycles. The topological polar surface area (TPSA) is 40.6 Å². The maximum absolute atomic E-state index is 13.4. The molecule has 0 aliphatic carbocycles. The lowest BCUT2D eigenvalue weighted by atomic mass is 9.94. The zero-order chi connectivity index (χ0) is 19.9.